The van der Waals surface area contributed by atoms with Gasteiger partial charge in [-0.05, 0) is 37.1 Å². The third-order valence-electron chi connectivity index (χ3n) is 5.25. The van der Waals surface area contributed by atoms with Crippen molar-refractivity contribution in [2.24, 2.45) is 0 Å². The number of carbonyl (C=O) groups is 1. The Kier molecular flexibility index (Phi) is 6.31. The van der Waals surface area contributed by atoms with Gasteiger partial charge in [-0.25, -0.2) is 9.18 Å². The monoisotopic (exact) mass is 442 g/mol. The van der Waals surface area contributed by atoms with E-state index in [1.54, 1.807) is 55.5 Å². The van der Waals surface area contributed by atoms with Crippen molar-refractivity contribution in [2.45, 2.75) is 18.8 Å². The van der Waals surface area contributed by atoms with Crippen LogP contribution in [0.5, 0.6) is 11.5 Å². The van der Waals surface area contributed by atoms with Crippen LogP contribution in [0.25, 0.3) is 10.6 Å². The first-order valence-electron chi connectivity index (χ1n) is 9.95. The van der Waals surface area contributed by atoms with Gasteiger partial charge in [0, 0.05) is 30.6 Å². The number of amides is 2. The first-order chi connectivity index (χ1) is 15.1. The third-order valence-corrected chi connectivity index (χ3v) is 6.37. The number of rotatable bonds is 5. The Morgan fingerprint density at radius 1 is 1.19 bits per heavy atom. The van der Waals surface area contributed by atoms with E-state index in [0.717, 1.165) is 17.8 Å². The summed E-state index contributed by atoms with van der Waals surface area (Å²) in [5.41, 5.74) is 1.02. The highest BCUT2D eigenvalue weighted by atomic mass is 32.1. The molecular weight excluding hydrogens is 419 g/mol. The van der Waals surface area contributed by atoms with Crippen LogP contribution in [0.1, 0.15) is 23.8 Å². The van der Waals surface area contributed by atoms with Crippen molar-refractivity contribution in [3.8, 4) is 22.1 Å². The lowest BCUT2D eigenvalue weighted by Gasteiger charge is -2.31. The fourth-order valence-corrected chi connectivity index (χ4v) is 4.60. The number of nitrogens with one attached hydrogen (secondary N) is 1. The van der Waals surface area contributed by atoms with Gasteiger partial charge in [0.1, 0.15) is 22.3 Å². The molecule has 4 rings (SSSR count). The Balaban J connectivity index is 1.45. The third kappa shape index (κ3) is 4.61. The highest BCUT2D eigenvalue weighted by Gasteiger charge is 2.28. The number of benzene rings is 2. The zero-order valence-electron chi connectivity index (χ0n) is 17.3. The number of carbonyl (C=O) groups excluding carboxylic acids is 1. The van der Waals surface area contributed by atoms with Crippen molar-refractivity contribution in [1.29, 1.82) is 0 Å². The number of hydrogen-bond acceptors (Lipinski definition) is 6. The van der Waals surface area contributed by atoms with Gasteiger partial charge in [0.25, 0.3) is 0 Å². The SMILES string of the molecule is COc1ccc(NC(=O)N2CCCC(c3nnc(-c4ccccc4F)s3)C2)c(OC)c1. The summed E-state index contributed by atoms with van der Waals surface area (Å²) in [7, 11) is 3.12. The van der Waals surface area contributed by atoms with E-state index >= 15 is 0 Å². The molecule has 0 aliphatic carbocycles. The molecule has 0 bridgehead atoms. The Morgan fingerprint density at radius 2 is 2.03 bits per heavy atom. The van der Waals surface area contributed by atoms with Crippen molar-refractivity contribution in [3.63, 3.8) is 0 Å². The van der Waals surface area contributed by atoms with Gasteiger partial charge in [-0.2, -0.15) is 0 Å². The van der Waals surface area contributed by atoms with Crippen molar-refractivity contribution in [3.05, 3.63) is 53.3 Å². The van der Waals surface area contributed by atoms with Gasteiger partial charge in [0.05, 0.1) is 19.9 Å². The summed E-state index contributed by atoms with van der Waals surface area (Å²) in [6.07, 6.45) is 1.76. The fraction of sp³-hybridized carbons (Fsp3) is 0.318. The van der Waals surface area contributed by atoms with Crippen LogP contribution in [0, 0.1) is 5.82 Å². The number of piperidine rings is 1. The molecule has 0 saturated carbocycles. The standard InChI is InChI=1S/C22H23FN4O3S/c1-29-15-9-10-18(19(12-15)30-2)24-22(28)27-11-5-6-14(13-27)20-25-26-21(31-20)16-7-3-4-8-17(16)23/h3-4,7-10,12,14H,5-6,11,13H2,1-2H3,(H,24,28). The molecule has 1 saturated heterocycles. The van der Waals surface area contributed by atoms with Crippen LogP contribution in [0.4, 0.5) is 14.9 Å². The van der Waals surface area contributed by atoms with E-state index in [-0.39, 0.29) is 17.8 Å². The summed E-state index contributed by atoms with van der Waals surface area (Å²) in [5.74, 6) is 0.924. The summed E-state index contributed by atoms with van der Waals surface area (Å²) in [6, 6.07) is 11.6. The molecule has 2 amide bonds. The van der Waals surface area contributed by atoms with E-state index in [9.17, 15) is 9.18 Å². The molecule has 1 aliphatic rings. The summed E-state index contributed by atoms with van der Waals surface area (Å²) in [6.45, 7) is 1.18. The van der Waals surface area contributed by atoms with Gasteiger partial charge in [-0.3, -0.25) is 0 Å². The molecule has 1 fully saturated rings. The molecule has 1 atom stereocenters. The number of urea groups is 1. The maximum Gasteiger partial charge on any atom is 0.321 e. The fourth-order valence-electron chi connectivity index (χ4n) is 3.60. The van der Waals surface area contributed by atoms with Crippen LogP contribution in [0.15, 0.2) is 42.5 Å². The Labute approximate surface area is 183 Å². The van der Waals surface area contributed by atoms with Crippen molar-refractivity contribution >= 4 is 23.1 Å². The molecule has 9 heteroatoms. The maximum absolute atomic E-state index is 14.1. The van der Waals surface area contributed by atoms with E-state index in [2.05, 4.69) is 15.5 Å². The smallest absolute Gasteiger partial charge is 0.321 e. The minimum atomic E-state index is -0.316. The Bertz CT molecular complexity index is 1070. The summed E-state index contributed by atoms with van der Waals surface area (Å²) in [5, 5.41) is 12.8. The number of nitrogens with zero attached hydrogens (tertiary/aromatic N) is 3. The van der Waals surface area contributed by atoms with Crippen LogP contribution in [-0.2, 0) is 0 Å². The number of hydrogen-bond donors (Lipinski definition) is 1. The van der Waals surface area contributed by atoms with Crippen LogP contribution in [-0.4, -0.2) is 48.4 Å². The number of anilines is 1. The minimum absolute atomic E-state index is 0.0651. The number of aromatic nitrogens is 2. The first-order valence-corrected chi connectivity index (χ1v) is 10.8. The molecule has 1 aromatic heterocycles. The maximum atomic E-state index is 14.1. The van der Waals surface area contributed by atoms with Crippen LogP contribution in [0.3, 0.4) is 0 Å². The van der Waals surface area contributed by atoms with Crippen molar-refractivity contribution in [2.75, 3.05) is 32.6 Å². The van der Waals surface area contributed by atoms with Crippen LogP contribution < -0.4 is 14.8 Å². The molecule has 1 unspecified atom stereocenters. The summed E-state index contributed by atoms with van der Waals surface area (Å²) < 4.78 is 24.6. The van der Waals surface area contributed by atoms with Gasteiger partial charge in [-0.1, -0.05) is 23.5 Å². The second-order valence-electron chi connectivity index (χ2n) is 7.21. The molecule has 2 heterocycles. The number of likely N-dealkylation sites (tertiary alicyclic amines) is 1. The van der Waals surface area contributed by atoms with Gasteiger partial charge < -0.3 is 19.7 Å². The molecule has 1 N–H and O–H groups in total. The highest BCUT2D eigenvalue weighted by molar-refractivity contribution is 7.14. The van der Waals surface area contributed by atoms with E-state index in [1.807, 2.05) is 0 Å². The van der Waals surface area contributed by atoms with Crippen molar-refractivity contribution in [1.82, 2.24) is 15.1 Å². The van der Waals surface area contributed by atoms with Gasteiger partial charge in [0.15, 0.2) is 5.01 Å². The van der Waals surface area contributed by atoms with E-state index < -0.39 is 0 Å². The normalized spacial score (nSPS) is 16.1. The van der Waals surface area contributed by atoms with Gasteiger partial charge in [0.2, 0.25) is 0 Å². The Hall–Kier alpha value is -3.20. The van der Waals surface area contributed by atoms with Crippen molar-refractivity contribution < 1.29 is 18.7 Å². The summed E-state index contributed by atoms with van der Waals surface area (Å²) >= 11 is 1.38. The molecule has 162 valence electrons. The topological polar surface area (TPSA) is 76.6 Å². The highest BCUT2D eigenvalue weighted by Crippen LogP contribution is 2.34. The van der Waals surface area contributed by atoms with Crippen LogP contribution >= 0.6 is 11.3 Å². The van der Waals surface area contributed by atoms with E-state index in [0.29, 0.717) is 40.8 Å². The predicted octanol–water partition coefficient (Wildman–Crippen LogP) is 4.77. The van der Waals surface area contributed by atoms with E-state index in [4.69, 9.17) is 9.47 Å². The first kappa shape index (κ1) is 21.0. The molecule has 0 spiro atoms. The summed E-state index contributed by atoms with van der Waals surface area (Å²) in [4.78, 5) is 14.7. The molecule has 1 aliphatic heterocycles. The number of methoxy groups -OCH3 is 2. The molecule has 31 heavy (non-hydrogen) atoms. The average Bonchev–Trinajstić information content (AvgIpc) is 3.30. The van der Waals surface area contributed by atoms with Crippen LogP contribution in [0.2, 0.25) is 0 Å². The second-order valence-corrected chi connectivity index (χ2v) is 8.22. The number of ether oxygens (including phenoxy) is 2. The molecule has 7 nitrogen and oxygen atoms in total. The number of halogens is 1. The zero-order chi connectivity index (χ0) is 21.8. The minimum Gasteiger partial charge on any atom is -0.497 e. The largest absolute Gasteiger partial charge is 0.497 e. The average molecular weight is 443 g/mol. The lowest BCUT2D eigenvalue weighted by atomic mass is 9.99. The molecule has 2 aromatic carbocycles. The molecular formula is C22H23FN4O3S. The lowest BCUT2D eigenvalue weighted by molar-refractivity contribution is 0.192. The second kappa shape index (κ2) is 9.30. The molecule has 0 radical (unpaired) electrons. The Morgan fingerprint density at radius 3 is 2.81 bits per heavy atom. The quantitative estimate of drug-likeness (QED) is 0.616. The predicted molar refractivity (Wildman–Crippen MR) is 117 cm³/mol. The molecule has 3 aromatic rings. The zero-order valence-corrected chi connectivity index (χ0v) is 18.1. The van der Waals surface area contributed by atoms with Gasteiger partial charge >= 0.3 is 6.03 Å². The lowest BCUT2D eigenvalue weighted by Crippen LogP contribution is -2.41. The van der Waals surface area contributed by atoms with Gasteiger partial charge in [-0.15, -0.1) is 10.2 Å². The van der Waals surface area contributed by atoms with E-state index in [1.165, 1.54) is 17.4 Å².